The molecule has 2 N–H and O–H groups in total. The summed E-state index contributed by atoms with van der Waals surface area (Å²) in [5, 5.41) is 0.543. The van der Waals surface area contributed by atoms with Crippen LogP contribution in [0.5, 0.6) is 6.01 Å². The Morgan fingerprint density at radius 3 is 2.74 bits per heavy atom. The maximum atomic E-state index is 5.75. The van der Waals surface area contributed by atoms with E-state index in [2.05, 4.69) is 33.7 Å². The number of nitrogens with two attached hydrogens (primary N) is 1. The van der Waals surface area contributed by atoms with Gasteiger partial charge in [-0.25, -0.2) is 0 Å². The van der Waals surface area contributed by atoms with Crippen LogP contribution in [0.15, 0.2) is 0 Å². The number of anilines is 2. The molecule has 1 aromatic rings. The van der Waals surface area contributed by atoms with Crippen molar-refractivity contribution in [2.45, 2.75) is 45.1 Å². The van der Waals surface area contributed by atoms with Crippen molar-refractivity contribution in [1.82, 2.24) is 15.0 Å². The van der Waals surface area contributed by atoms with Gasteiger partial charge in [0.2, 0.25) is 11.9 Å². The second-order valence-corrected chi connectivity index (χ2v) is 6.44. The first-order valence-corrected chi connectivity index (χ1v) is 7.58. The van der Waals surface area contributed by atoms with Crippen molar-refractivity contribution in [3.8, 4) is 6.01 Å². The summed E-state index contributed by atoms with van der Waals surface area (Å²) in [5.74, 6) is 1.89. The molecule has 19 heavy (non-hydrogen) atoms. The van der Waals surface area contributed by atoms with Crippen molar-refractivity contribution in [1.29, 1.82) is 0 Å². The highest BCUT2D eigenvalue weighted by Gasteiger charge is 2.27. The summed E-state index contributed by atoms with van der Waals surface area (Å²) in [7, 11) is 0. The van der Waals surface area contributed by atoms with Gasteiger partial charge in [-0.05, 0) is 20.8 Å². The fourth-order valence-corrected chi connectivity index (χ4v) is 3.07. The van der Waals surface area contributed by atoms with E-state index in [1.165, 1.54) is 0 Å². The number of ether oxygens (including phenoxy) is 1. The number of nitrogen functional groups attached to an aromatic ring is 1. The molecule has 1 aliphatic heterocycles. The molecule has 106 valence electrons. The third-order valence-corrected chi connectivity index (χ3v) is 4.44. The van der Waals surface area contributed by atoms with Crippen LogP contribution in [-0.2, 0) is 0 Å². The Morgan fingerprint density at radius 2 is 2.05 bits per heavy atom. The average Bonchev–Trinajstić information content (AvgIpc) is 2.31. The second-order valence-electron chi connectivity index (χ2n) is 4.95. The quantitative estimate of drug-likeness (QED) is 0.902. The van der Waals surface area contributed by atoms with Crippen LogP contribution < -0.4 is 15.4 Å². The molecule has 0 amide bonds. The third kappa shape index (κ3) is 3.40. The molecule has 7 heteroatoms. The highest BCUT2D eigenvalue weighted by molar-refractivity contribution is 8.00. The molecule has 0 aromatic carbocycles. The average molecular weight is 283 g/mol. The van der Waals surface area contributed by atoms with Crippen molar-refractivity contribution < 1.29 is 4.74 Å². The van der Waals surface area contributed by atoms with Crippen molar-refractivity contribution >= 4 is 23.7 Å². The van der Waals surface area contributed by atoms with E-state index in [0.717, 1.165) is 12.3 Å². The molecular formula is C12H21N5OS. The van der Waals surface area contributed by atoms with Crippen molar-refractivity contribution in [2.75, 3.05) is 22.9 Å². The zero-order valence-corrected chi connectivity index (χ0v) is 12.6. The number of aromatic nitrogens is 3. The van der Waals surface area contributed by atoms with Gasteiger partial charge in [0, 0.05) is 23.6 Å². The number of thioether (sulfide) groups is 1. The van der Waals surface area contributed by atoms with Crippen molar-refractivity contribution in [2.24, 2.45) is 0 Å². The lowest BCUT2D eigenvalue weighted by molar-refractivity contribution is 0.222. The standard InChI is InChI=1S/C12H21N5OS/c1-7(2)18-12-15-10(13)14-11(16-12)17-5-6-19-9(4)8(17)3/h7-9H,5-6H2,1-4H3,(H2,13,14,15,16). The maximum Gasteiger partial charge on any atom is 0.323 e. The normalized spacial score (nSPS) is 23.7. The van der Waals surface area contributed by atoms with Crippen LogP contribution in [0.1, 0.15) is 27.7 Å². The van der Waals surface area contributed by atoms with E-state index in [-0.39, 0.29) is 12.1 Å². The predicted octanol–water partition coefficient (Wildman–Crippen LogP) is 1.57. The van der Waals surface area contributed by atoms with Crippen LogP contribution >= 0.6 is 11.8 Å². The van der Waals surface area contributed by atoms with Crippen LogP contribution in [0, 0.1) is 0 Å². The lowest BCUT2D eigenvalue weighted by Crippen LogP contribution is -2.45. The van der Waals surface area contributed by atoms with Crippen LogP contribution in [-0.4, -0.2) is 44.6 Å². The van der Waals surface area contributed by atoms with Crippen LogP contribution in [0.2, 0.25) is 0 Å². The molecule has 0 spiro atoms. The van der Waals surface area contributed by atoms with E-state index in [9.17, 15) is 0 Å². The molecule has 6 nitrogen and oxygen atoms in total. The van der Waals surface area contributed by atoms with Gasteiger partial charge in [0.15, 0.2) is 0 Å². The van der Waals surface area contributed by atoms with Crippen LogP contribution in [0.3, 0.4) is 0 Å². The smallest absolute Gasteiger partial charge is 0.323 e. The van der Waals surface area contributed by atoms with Gasteiger partial charge in [-0.15, -0.1) is 0 Å². The lowest BCUT2D eigenvalue weighted by atomic mass is 10.2. The minimum Gasteiger partial charge on any atom is -0.461 e. The van der Waals surface area contributed by atoms with E-state index in [4.69, 9.17) is 10.5 Å². The lowest BCUT2D eigenvalue weighted by Gasteiger charge is -2.37. The molecule has 1 aliphatic rings. The summed E-state index contributed by atoms with van der Waals surface area (Å²) in [6, 6.07) is 0.669. The van der Waals surface area contributed by atoms with E-state index < -0.39 is 0 Å². The summed E-state index contributed by atoms with van der Waals surface area (Å²) in [4.78, 5) is 14.8. The summed E-state index contributed by atoms with van der Waals surface area (Å²) in [5.41, 5.74) is 5.75. The molecular weight excluding hydrogens is 262 g/mol. The number of hydrogen-bond acceptors (Lipinski definition) is 7. The fourth-order valence-electron chi connectivity index (χ4n) is 1.97. The Bertz CT molecular complexity index is 442. The Balaban J connectivity index is 2.25. The van der Waals surface area contributed by atoms with Gasteiger partial charge < -0.3 is 15.4 Å². The van der Waals surface area contributed by atoms with Gasteiger partial charge in [-0.3, -0.25) is 0 Å². The zero-order valence-electron chi connectivity index (χ0n) is 11.8. The first-order valence-electron chi connectivity index (χ1n) is 6.54. The molecule has 1 saturated heterocycles. The summed E-state index contributed by atoms with van der Waals surface area (Å²) in [6.45, 7) is 9.18. The van der Waals surface area contributed by atoms with Gasteiger partial charge in [-0.1, -0.05) is 6.92 Å². The topological polar surface area (TPSA) is 77.2 Å². The van der Waals surface area contributed by atoms with Crippen molar-refractivity contribution in [3.05, 3.63) is 0 Å². The molecule has 2 rings (SSSR count). The summed E-state index contributed by atoms with van der Waals surface area (Å²) >= 11 is 1.97. The second kappa shape index (κ2) is 5.81. The fraction of sp³-hybridized carbons (Fsp3) is 0.750. The van der Waals surface area contributed by atoms with Crippen LogP contribution in [0.4, 0.5) is 11.9 Å². The summed E-state index contributed by atoms with van der Waals surface area (Å²) in [6.07, 6.45) is 0.0166. The van der Waals surface area contributed by atoms with Gasteiger partial charge >= 0.3 is 6.01 Å². The molecule has 0 aliphatic carbocycles. The van der Waals surface area contributed by atoms with Gasteiger partial charge in [0.1, 0.15) is 0 Å². The Hall–Kier alpha value is -1.24. The zero-order chi connectivity index (χ0) is 14.0. The maximum absolute atomic E-state index is 5.75. The third-order valence-electron chi connectivity index (χ3n) is 3.10. The molecule has 0 radical (unpaired) electrons. The minimum absolute atomic E-state index is 0.0166. The molecule has 1 fully saturated rings. The molecule has 2 unspecified atom stereocenters. The van der Waals surface area contributed by atoms with Gasteiger partial charge in [-0.2, -0.15) is 26.7 Å². The molecule has 2 heterocycles. The Labute approximate surface area is 118 Å². The number of nitrogens with zero attached hydrogens (tertiary/aromatic N) is 4. The number of rotatable bonds is 3. The molecule has 2 atom stereocenters. The van der Waals surface area contributed by atoms with Gasteiger partial charge in [0.25, 0.3) is 0 Å². The van der Waals surface area contributed by atoms with Gasteiger partial charge in [0.05, 0.1) is 6.10 Å². The van der Waals surface area contributed by atoms with Crippen molar-refractivity contribution in [3.63, 3.8) is 0 Å². The van der Waals surface area contributed by atoms with E-state index >= 15 is 0 Å². The SMILES string of the molecule is CC(C)Oc1nc(N)nc(N2CCSC(C)C2C)n1. The van der Waals surface area contributed by atoms with E-state index in [0.29, 0.717) is 23.3 Å². The monoisotopic (exact) mass is 283 g/mol. The van der Waals surface area contributed by atoms with E-state index in [1.807, 2.05) is 25.6 Å². The minimum atomic E-state index is 0.0166. The predicted molar refractivity (Wildman–Crippen MR) is 78.7 cm³/mol. The molecule has 0 saturated carbocycles. The molecule has 0 bridgehead atoms. The largest absolute Gasteiger partial charge is 0.461 e. The Kier molecular flexibility index (Phi) is 4.34. The first kappa shape index (κ1) is 14.2. The highest BCUT2D eigenvalue weighted by Crippen LogP contribution is 2.27. The number of hydrogen-bond donors (Lipinski definition) is 1. The summed E-state index contributed by atoms with van der Waals surface area (Å²) < 4.78 is 5.51. The van der Waals surface area contributed by atoms with E-state index in [1.54, 1.807) is 0 Å². The highest BCUT2D eigenvalue weighted by atomic mass is 32.2. The Morgan fingerprint density at radius 1 is 1.32 bits per heavy atom. The van der Waals surface area contributed by atoms with Crippen LogP contribution in [0.25, 0.3) is 0 Å². The molecule has 1 aromatic heterocycles. The first-order chi connectivity index (χ1) is 8.97.